The third kappa shape index (κ3) is 6.14. The third-order valence-electron chi connectivity index (χ3n) is 4.75. The highest BCUT2D eigenvalue weighted by atomic mass is 35.5. The van der Waals surface area contributed by atoms with Crippen molar-refractivity contribution in [2.75, 3.05) is 18.4 Å². The van der Waals surface area contributed by atoms with E-state index in [1.54, 1.807) is 18.2 Å². The summed E-state index contributed by atoms with van der Waals surface area (Å²) in [5.74, 6) is 1.17. The zero-order valence-corrected chi connectivity index (χ0v) is 19.6. The molecular weight excluding hydrogens is 479 g/mol. The van der Waals surface area contributed by atoms with Gasteiger partial charge in [-0.1, -0.05) is 58.3 Å². The average molecular weight is 500 g/mol. The van der Waals surface area contributed by atoms with Crippen LogP contribution in [0.4, 0.5) is 5.13 Å². The van der Waals surface area contributed by atoms with Gasteiger partial charge in [-0.3, -0.25) is 0 Å². The molecule has 0 unspecified atom stereocenters. The van der Waals surface area contributed by atoms with Crippen molar-refractivity contribution >= 4 is 51.3 Å². The molecule has 3 aromatic rings. The van der Waals surface area contributed by atoms with E-state index in [2.05, 4.69) is 20.8 Å². The summed E-state index contributed by atoms with van der Waals surface area (Å²) in [5, 5.41) is 17.8. The molecule has 31 heavy (non-hydrogen) atoms. The van der Waals surface area contributed by atoms with Crippen molar-refractivity contribution in [3.05, 3.63) is 62.0 Å². The number of hydrogen-bond acceptors (Lipinski definition) is 7. The summed E-state index contributed by atoms with van der Waals surface area (Å²) in [6.45, 7) is 2.76. The van der Waals surface area contributed by atoms with Gasteiger partial charge >= 0.3 is 0 Å². The minimum atomic E-state index is 0.213. The maximum Gasteiger partial charge on any atom is 0.206 e. The van der Waals surface area contributed by atoms with Gasteiger partial charge in [0.1, 0.15) is 18.5 Å². The highest BCUT2D eigenvalue weighted by molar-refractivity contribution is 7.15. The van der Waals surface area contributed by atoms with Gasteiger partial charge in [-0.05, 0) is 55.8 Å². The van der Waals surface area contributed by atoms with Crippen LogP contribution in [0.5, 0.6) is 11.5 Å². The largest absolute Gasteiger partial charge is 0.489 e. The highest BCUT2D eigenvalue weighted by Gasteiger charge is 2.16. The van der Waals surface area contributed by atoms with E-state index in [1.807, 2.05) is 18.2 Å². The van der Waals surface area contributed by atoms with Crippen LogP contribution >= 0.6 is 46.1 Å². The minimum absolute atomic E-state index is 0.213. The van der Waals surface area contributed by atoms with E-state index in [9.17, 15) is 0 Å². The van der Waals surface area contributed by atoms with Gasteiger partial charge in [-0.25, -0.2) is 0 Å². The van der Waals surface area contributed by atoms with Crippen LogP contribution in [0.2, 0.25) is 15.1 Å². The lowest BCUT2D eigenvalue weighted by Gasteiger charge is -2.24. The lowest BCUT2D eigenvalue weighted by molar-refractivity contribution is 0.162. The van der Waals surface area contributed by atoms with E-state index in [-0.39, 0.29) is 12.7 Å². The summed E-state index contributed by atoms with van der Waals surface area (Å²) in [7, 11) is 0. The van der Waals surface area contributed by atoms with Crippen molar-refractivity contribution in [3.63, 3.8) is 0 Å². The van der Waals surface area contributed by atoms with Gasteiger partial charge in [-0.15, -0.1) is 10.2 Å². The summed E-state index contributed by atoms with van der Waals surface area (Å²) in [6, 6.07) is 11.1. The van der Waals surface area contributed by atoms with Gasteiger partial charge in [0.2, 0.25) is 5.13 Å². The van der Waals surface area contributed by atoms with Crippen molar-refractivity contribution in [3.8, 4) is 11.5 Å². The van der Waals surface area contributed by atoms with E-state index in [0.717, 1.165) is 37.2 Å². The fraction of sp³-hybridized carbons (Fsp3) is 0.333. The molecule has 0 radical (unpaired) electrons. The van der Waals surface area contributed by atoms with E-state index in [1.165, 1.54) is 11.3 Å². The predicted molar refractivity (Wildman–Crippen MR) is 126 cm³/mol. The molecule has 0 saturated carbocycles. The molecule has 2 aromatic carbocycles. The van der Waals surface area contributed by atoms with E-state index in [4.69, 9.17) is 44.3 Å². The molecule has 4 rings (SSSR count). The fourth-order valence-electron chi connectivity index (χ4n) is 3.16. The Hall–Kier alpha value is -1.77. The van der Waals surface area contributed by atoms with E-state index in [0.29, 0.717) is 37.5 Å². The molecule has 1 aromatic heterocycles. The van der Waals surface area contributed by atoms with Crippen LogP contribution in [0.3, 0.4) is 0 Å². The monoisotopic (exact) mass is 498 g/mol. The Balaban J connectivity index is 1.29. The molecule has 0 atom stereocenters. The second-order valence-corrected chi connectivity index (χ2v) is 9.31. The number of ether oxygens (including phenoxy) is 2. The Morgan fingerprint density at radius 1 is 1.03 bits per heavy atom. The van der Waals surface area contributed by atoms with Crippen molar-refractivity contribution in [2.45, 2.75) is 32.1 Å². The summed E-state index contributed by atoms with van der Waals surface area (Å²) < 4.78 is 11.7. The van der Waals surface area contributed by atoms with Crippen molar-refractivity contribution in [1.82, 2.24) is 15.5 Å². The summed E-state index contributed by atoms with van der Waals surface area (Å²) in [4.78, 5) is 0. The Bertz CT molecular complexity index is 1010. The number of nitrogens with one attached hydrogen (secondary N) is 2. The lowest BCUT2D eigenvalue weighted by atomic mass is 10.1. The summed E-state index contributed by atoms with van der Waals surface area (Å²) >= 11 is 20.1. The number of para-hydroxylation sites is 1. The molecular formula is C21H21Cl3N4O2S. The van der Waals surface area contributed by atoms with Crippen LogP contribution in [-0.2, 0) is 13.2 Å². The van der Waals surface area contributed by atoms with Gasteiger partial charge in [0.05, 0.1) is 15.1 Å². The molecule has 2 heterocycles. The number of nitrogens with zero attached hydrogens (tertiary/aromatic N) is 2. The Kier molecular flexibility index (Phi) is 7.74. The molecule has 0 spiro atoms. The van der Waals surface area contributed by atoms with Gasteiger partial charge < -0.3 is 20.1 Å². The zero-order chi connectivity index (χ0) is 21.6. The van der Waals surface area contributed by atoms with Crippen LogP contribution in [0.25, 0.3) is 0 Å². The minimum Gasteiger partial charge on any atom is -0.489 e. The molecule has 1 saturated heterocycles. The molecule has 0 amide bonds. The number of benzene rings is 2. The SMILES string of the molecule is Clc1cc(CNc2nnc(COc3c(Cl)cccc3Cl)s2)ccc1OC1CCNCC1. The molecule has 0 bridgehead atoms. The van der Waals surface area contributed by atoms with E-state index < -0.39 is 0 Å². The molecule has 1 aliphatic rings. The van der Waals surface area contributed by atoms with Crippen molar-refractivity contribution in [1.29, 1.82) is 0 Å². The van der Waals surface area contributed by atoms with Crippen LogP contribution in [0.1, 0.15) is 23.4 Å². The highest BCUT2D eigenvalue weighted by Crippen LogP contribution is 2.33. The topological polar surface area (TPSA) is 68.3 Å². The van der Waals surface area contributed by atoms with Crippen LogP contribution in [-0.4, -0.2) is 29.4 Å². The third-order valence-corrected chi connectivity index (χ3v) is 6.49. The molecule has 10 heteroatoms. The predicted octanol–water partition coefficient (Wildman–Crippen LogP) is 5.82. The molecule has 164 valence electrons. The standard InChI is InChI=1S/C21H21Cl3N4O2S/c22-15-2-1-3-16(23)20(15)29-12-19-27-28-21(31-19)26-11-13-4-5-18(17(24)10-13)30-14-6-8-25-9-7-14/h1-5,10,14,25H,6-9,11-12H2,(H,26,28). The quantitative estimate of drug-likeness (QED) is 0.407. The van der Waals surface area contributed by atoms with Gasteiger partial charge in [-0.2, -0.15) is 0 Å². The smallest absolute Gasteiger partial charge is 0.206 e. The number of anilines is 1. The van der Waals surface area contributed by atoms with Crippen LogP contribution < -0.4 is 20.1 Å². The molecule has 6 nitrogen and oxygen atoms in total. The van der Waals surface area contributed by atoms with Crippen molar-refractivity contribution in [2.24, 2.45) is 0 Å². The first-order valence-electron chi connectivity index (χ1n) is 9.87. The first-order valence-corrected chi connectivity index (χ1v) is 11.8. The molecule has 2 N–H and O–H groups in total. The first-order chi connectivity index (χ1) is 15.1. The summed E-state index contributed by atoms with van der Waals surface area (Å²) in [5.41, 5.74) is 1.03. The normalized spacial score (nSPS) is 14.4. The summed E-state index contributed by atoms with van der Waals surface area (Å²) in [6.07, 6.45) is 2.20. The number of rotatable bonds is 8. The zero-order valence-electron chi connectivity index (χ0n) is 16.5. The average Bonchev–Trinajstić information content (AvgIpc) is 3.22. The molecule has 1 aliphatic heterocycles. The number of aromatic nitrogens is 2. The van der Waals surface area contributed by atoms with Crippen molar-refractivity contribution < 1.29 is 9.47 Å². The second-order valence-electron chi connectivity index (χ2n) is 7.03. The van der Waals surface area contributed by atoms with Crippen LogP contribution in [0.15, 0.2) is 36.4 Å². The maximum atomic E-state index is 6.43. The van der Waals surface area contributed by atoms with Crippen LogP contribution in [0, 0.1) is 0 Å². The molecule has 0 aliphatic carbocycles. The molecule has 1 fully saturated rings. The Morgan fingerprint density at radius 3 is 2.55 bits per heavy atom. The lowest BCUT2D eigenvalue weighted by Crippen LogP contribution is -2.34. The fourth-order valence-corrected chi connectivity index (χ4v) is 4.56. The van der Waals surface area contributed by atoms with Gasteiger partial charge in [0.15, 0.2) is 10.8 Å². The van der Waals surface area contributed by atoms with Gasteiger partial charge in [0.25, 0.3) is 0 Å². The Morgan fingerprint density at radius 2 is 1.81 bits per heavy atom. The van der Waals surface area contributed by atoms with E-state index >= 15 is 0 Å². The first kappa shape index (κ1) is 22.4. The Labute approximate surface area is 199 Å². The number of halogens is 3. The number of piperidine rings is 1. The maximum absolute atomic E-state index is 6.43. The number of hydrogen-bond donors (Lipinski definition) is 2. The second kappa shape index (κ2) is 10.7. The van der Waals surface area contributed by atoms with Gasteiger partial charge in [0, 0.05) is 6.54 Å².